The minimum atomic E-state index is -0.435. The van der Waals surface area contributed by atoms with Gasteiger partial charge in [-0.3, -0.25) is 0 Å². The zero-order valence-electron chi connectivity index (χ0n) is 7.50. The second kappa shape index (κ2) is 3.41. The standard InChI is InChI=1S/C8H12O6/c9-1-4-5-6(11-2-10-5)7-8(14-4)13-3-12-7/h4-9H,1-3H2/t4?,5-,6-,7?,8-/m0/s1. The Kier molecular flexibility index (Phi) is 2.19. The van der Waals surface area contributed by atoms with Crippen molar-refractivity contribution in [2.24, 2.45) is 0 Å². The lowest BCUT2D eigenvalue weighted by Crippen LogP contribution is -2.56. The molecule has 0 spiro atoms. The van der Waals surface area contributed by atoms with Crippen LogP contribution >= 0.6 is 0 Å². The van der Waals surface area contributed by atoms with Gasteiger partial charge in [0.05, 0.1) is 6.61 Å². The van der Waals surface area contributed by atoms with Gasteiger partial charge in [-0.2, -0.15) is 0 Å². The topological polar surface area (TPSA) is 66.4 Å². The summed E-state index contributed by atoms with van der Waals surface area (Å²) in [6, 6.07) is 0. The van der Waals surface area contributed by atoms with Crippen molar-refractivity contribution in [3.63, 3.8) is 0 Å². The molecule has 0 bridgehead atoms. The first kappa shape index (κ1) is 9.02. The van der Waals surface area contributed by atoms with Crippen LogP contribution in [0.4, 0.5) is 0 Å². The third-order valence-electron chi connectivity index (χ3n) is 2.78. The van der Waals surface area contributed by atoms with Gasteiger partial charge in [0.1, 0.15) is 31.2 Å². The zero-order chi connectivity index (χ0) is 9.54. The van der Waals surface area contributed by atoms with Crippen molar-refractivity contribution in [3.05, 3.63) is 0 Å². The monoisotopic (exact) mass is 204 g/mol. The molecule has 1 N–H and O–H groups in total. The predicted molar refractivity (Wildman–Crippen MR) is 41.2 cm³/mol. The molecule has 0 saturated carbocycles. The summed E-state index contributed by atoms with van der Waals surface area (Å²) in [5.41, 5.74) is 0. The van der Waals surface area contributed by atoms with Crippen LogP contribution in [0.5, 0.6) is 0 Å². The van der Waals surface area contributed by atoms with E-state index in [0.29, 0.717) is 0 Å². The maximum absolute atomic E-state index is 9.10. The normalized spacial score (nSPS) is 51.6. The molecule has 3 heterocycles. The maximum Gasteiger partial charge on any atom is 0.189 e. The highest BCUT2D eigenvalue weighted by Crippen LogP contribution is 2.34. The molecule has 14 heavy (non-hydrogen) atoms. The van der Waals surface area contributed by atoms with E-state index >= 15 is 0 Å². The lowest BCUT2D eigenvalue weighted by atomic mass is 9.99. The number of hydrogen-bond acceptors (Lipinski definition) is 6. The Morgan fingerprint density at radius 2 is 1.64 bits per heavy atom. The summed E-state index contributed by atoms with van der Waals surface area (Å²) in [5, 5.41) is 9.10. The fourth-order valence-corrected chi connectivity index (χ4v) is 2.11. The molecule has 0 aromatic rings. The van der Waals surface area contributed by atoms with Crippen LogP contribution in [0.1, 0.15) is 0 Å². The van der Waals surface area contributed by atoms with Gasteiger partial charge in [-0.05, 0) is 0 Å². The SMILES string of the molecule is OCC1O[C@@H]2OCOC2[C@H]2OCO[C@@H]12. The van der Waals surface area contributed by atoms with Crippen molar-refractivity contribution < 1.29 is 28.8 Å². The highest BCUT2D eigenvalue weighted by Gasteiger charge is 2.53. The van der Waals surface area contributed by atoms with E-state index in [-0.39, 0.29) is 44.6 Å². The fourth-order valence-electron chi connectivity index (χ4n) is 2.11. The van der Waals surface area contributed by atoms with Gasteiger partial charge in [0.25, 0.3) is 0 Å². The Balaban J connectivity index is 1.82. The van der Waals surface area contributed by atoms with Crippen molar-refractivity contribution in [3.8, 4) is 0 Å². The summed E-state index contributed by atoms with van der Waals surface area (Å²) >= 11 is 0. The molecule has 2 unspecified atom stereocenters. The summed E-state index contributed by atoms with van der Waals surface area (Å²) in [7, 11) is 0. The van der Waals surface area contributed by atoms with E-state index < -0.39 is 6.29 Å². The molecule has 0 aliphatic carbocycles. The third kappa shape index (κ3) is 1.19. The molecule has 80 valence electrons. The summed E-state index contributed by atoms with van der Waals surface area (Å²) in [6.07, 6.45) is -1.48. The van der Waals surface area contributed by atoms with E-state index in [9.17, 15) is 0 Å². The number of fused-ring (bicyclic) bond motifs is 3. The van der Waals surface area contributed by atoms with Gasteiger partial charge >= 0.3 is 0 Å². The second-order valence-corrected chi connectivity index (χ2v) is 3.52. The van der Waals surface area contributed by atoms with Crippen LogP contribution in [0.3, 0.4) is 0 Å². The second-order valence-electron chi connectivity index (χ2n) is 3.52. The zero-order valence-corrected chi connectivity index (χ0v) is 7.50. The molecule has 3 fully saturated rings. The van der Waals surface area contributed by atoms with Gasteiger partial charge in [-0.15, -0.1) is 0 Å². The highest BCUT2D eigenvalue weighted by atomic mass is 16.8. The summed E-state index contributed by atoms with van der Waals surface area (Å²) in [6.45, 7) is 0.332. The first-order valence-corrected chi connectivity index (χ1v) is 4.63. The van der Waals surface area contributed by atoms with E-state index in [1.54, 1.807) is 0 Å². The fraction of sp³-hybridized carbons (Fsp3) is 1.00. The van der Waals surface area contributed by atoms with E-state index in [0.717, 1.165) is 0 Å². The number of rotatable bonds is 1. The van der Waals surface area contributed by atoms with E-state index in [4.69, 9.17) is 28.8 Å². The molecule has 0 amide bonds. The lowest BCUT2D eigenvalue weighted by molar-refractivity contribution is -0.226. The van der Waals surface area contributed by atoms with Crippen LogP contribution in [0.25, 0.3) is 0 Å². The quantitative estimate of drug-likeness (QED) is 0.580. The Morgan fingerprint density at radius 1 is 0.929 bits per heavy atom. The maximum atomic E-state index is 9.10. The van der Waals surface area contributed by atoms with Crippen LogP contribution in [0.2, 0.25) is 0 Å². The Bertz CT molecular complexity index is 222. The summed E-state index contributed by atoms with van der Waals surface area (Å²) in [4.78, 5) is 0. The molecule has 6 nitrogen and oxygen atoms in total. The highest BCUT2D eigenvalue weighted by molar-refractivity contribution is 4.95. The van der Waals surface area contributed by atoms with Gasteiger partial charge in [0, 0.05) is 0 Å². The molecule has 3 rings (SSSR count). The number of aliphatic hydroxyl groups excluding tert-OH is 1. The average molecular weight is 204 g/mol. The van der Waals surface area contributed by atoms with Gasteiger partial charge in [0.15, 0.2) is 13.1 Å². The van der Waals surface area contributed by atoms with Gasteiger partial charge in [-0.1, -0.05) is 0 Å². The third-order valence-corrected chi connectivity index (χ3v) is 2.78. The Morgan fingerprint density at radius 3 is 2.50 bits per heavy atom. The first-order chi connectivity index (χ1) is 6.90. The summed E-state index contributed by atoms with van der Waals surface area (Å²) < 4.78 is 26.7. The first-order valence-electron chi connectivity index (χ1n) is 4.63. The average Bonchev–Trinajstić information content (AvgIpc) is 2.83. The van der Waals surface area contributed by atoms with Crippen LogP contribution < -0.4 is 0 Å². The molecule has 6 heteroatoms. The van der Waals surface area contributed by atoms with Crippen LogP contribution in [-0.2, 0) is 23.7 Å². The van der Waals surface area contributed by atoms with Crippen LogP contribution in [0, 0.1) is 0 Å². The molecule has 0 aromatic carbocycles. The van der Waals surface area contributed by atoms with Gasteiger partial charge < -0.3 is 28.8 Å². The molecule has 0 radical (unpaired) electrons. The number of aliphatic hydroxyl groups is 1. The lowest BCUT2D eigenvalue weighted by Gasteiger charge is -2.36. The van der Waals surface area contributed by atoms with Crippen molar-refractivity contribution in [2.45, 2.75) is 30.7 Å². The van der Waals surface area contributed by atoms with E-state index in [1.807, 2.05) is 0 Å². The molecule has 3 aliphatic heterocycles. The van der Waals surface area contributed by atoms with Gasteiger partial charge in [0.2, 0.25) is 0 Å². The van der Waals surface area contributed by atoms with Crippen LogP contribution in [0.15, 0.2) is 0 Å². The van der Waals surface area contributed by atoms with E-state index in [1.165, 1.54) is 0 Å². The minimum Gasteiger partial charge on any atom is -0.394 e. The minimum absolute atomic E-state index is 0.100. The smallest absolute Gasteiger partial charge is 0.189 e. The van der Waals surface area contributed by atoms with Crippen molar-refractivity contribution in [2.75, 3.05) is 20.2 Å². The molecular formula is C8H12O6. The van der Waals surface area contributed by atoms with Crippen molar-refractivity contribution in [1.29, 1.82) is 0 Å². The predicted octanol–water partition coefficient (Wildman–Crippen LogP) is -1.18. The number of ether oxygens (including phenoxy) is 5. The molecule has 0 aromatic heterocycles. The van der Waals surface area contributed by atoms with Gasteiger partial charge in [-0.25, -0.2) is 0 Å². The largest absolute Gasteiger partial charge is 0.394 e. The summed E-state index contributed by atoms with van der Waals surface area (Å²) in [5.74, 6) is 0. The Hall–Kier alpha value is -0.240. The van der Waals surface area contributed by atoms with Crippen molar-refractivity contribution in [1.82, 2.24) is 0 Å². The molecule has 3 saturated heterocycles. The Labute approximate surface area is 80.6 Å². The van der Waals surface area contributed by atoms with E-state index in [2.05, 4.69) is 0 Å². The molecular weight excluding hydrogens is 192 g/mol. The molecule has 3 aliphatic rings. The number of hydrogen-bond donors (Lipinski definition) is 1. The van der Waals surface area contributed by atoms with Crippen molar-refractivity contribution >= 4 is 0 Å². The molecule has 5 atom stereocenters. The van der Waals surface area contributed by atoms with Crippen LogP contribution in [-0.4, -0.2) is 56.0 Å².